The normalized spacial score (nSPS) is 12.1. The molecule has 0 spiro atoms. The number of rotatable bonds is 3. The van der Waals surface area contributed by atoms with E-state index < -0.39 is 29.4 Å². The first-order valence-corrected chi connectivity index (χ1v) is 4.83. The van der Waals surface area contributed by atoms with Crippen LogP contribution in [0.15, 0.2) is 24.3 Å². The van der Waals surface area contributed by atoms with Gasteiger partial charge in [0.25, 0.3) is 0 Å². The van der Waals surface area contributed by atoms with Gasteiger partial charge in [-0.1, -0.05) is 12.1 Å². The largest absolute Gasteiger partial charge is 0.461 e. The van der Waals surface area contributed by atoms with Crippen molar-refractivity contribution in [3.8, 4) is 5.75 Å². The average molecular weight is 282 g/mol. The summed E-state index contributed by atoms with van der Waals surface area (Å²) in [4.78, 5) is 21.8. The molecule has 0 aliphatic rings. The van der Waals surface area contributed by atoms with Crippen LogP contribution >= 0.6 is 0 Å². The molecule has 0 fully saturated rings. The summed E-state index contributed by atoms with van der Waals surface area (Å²) in [6.07, 6.45) is -5.98. The summed E-state index contributed by atoms with van der Waals surface area (Å²) in [6, 6.07) is 3.58. The second-order valence-electron chi connectivity index (χ2n) is 3.52. The average Bonchev–Trinajstić information content (AvgIpc) is 2.25. The third-order valence-electron chi connectivity index (χ3n) is 2.00. The summed E-state index contributed by atoms with van der Waals surface area (Å²) in [6.45, 7) is 1.01. The first-order chi connectivity index (χ1) is 8.55. The summed E-state index contributed by atoms with van der Waals surface area (Å²) in [7, 11) is 0. The van der Waals surface area contributed by atoms with Crippen molar-refractivity contribution in [1.82, 2.24) is 0 Å². The van der Waals surface area contributed by atoms with Crippen LogP contribution in [-0.2, 0) is 4.79 Å². The zero-order valence-electron chi connectivity index (χ0n) is 9.42. The van der Waals surface area contributed by atoms with Gasteiger partial charge in [0.2, 0.25) is 5.78 Å². The molecule has 0 N–H and O–H groups in total. The minimum Gasteiger partial charge on any atom is -0.427 e. The molecular formula is C11H7F5O3. The predicted molar refractivity (Wildman–Crippen MR) is 53.1 cm³/mol. The van der Waals surface area contributed by atoms with E-state index in [0.717, 1.165) is 25.1 Å². The molecule has 0 bridgehead atoms. The van der Waals surface area contributed by atoms with E-state index in [2.05, 4.69) is 4.74 Å². The van der Waals surface area contributed by atoms with E-state index >= 15 is 0 Å². The minimum absolute atomic E-state index is 0.295. The van der Waals surface area contributed by atoms with Crippen LogP contribution in [0, 0.1) is 0 Å². The molecule has 0 saturated heterocycles. The van der Waals surface area contributed by atoms with Gasteiger partial charge in [-0.25, -0.2) is 0 Å². The van der Waals surface area contributed by atoms with E-state index in [-0.39, 0.29) is 5.75 Å². The molecule has 0 radical (unpaired) electrons. The third kappa shape index (κ3) is 3.27. The predicted octanol–water partition coefficient (Wildman–Crippen LogP) is 2.99. The van der Waals surface area contributed by atoms with Crippen molar-refractivity contribution in [1.29, 1.82) is 0 Å². The van der Waals surface area contributed by atoms with Gasteiger partial charge >= 0.3 is 18.1 Å². The SMILES string of the molecule is CC(=O)Oc1cccc(C(=O)C(F)(F)C(F)(F)F)c1. The van der Waals surface area contributed by atoms with Crippen molar-refractivity contribution in [2.24, 2.45) is 0 Å². The lowest BCUT2D eigenvalue weighted by molar-refractivity contribution is -0.255. The standard InChI is InChI=1S/C11H7F5O3/c1-6(17)19-8-4-2-3-7(5-8)9(18)10(12,13)11(14,15)16/h2-5H,1H3. The number of halogens is 5. The Labute approximate surface area is 104 Å². The third-order valence-corrected chi connectivity index (χ3v) is 2.00. The van der Waals surface area contributed by atoms with Crippen LogP contribution in [0.5, 0.6) is 5.75 Å². The van der Waals surface area contributed by atoms with Crippen LogP contribution in [0.4, 0.5) is 22.0 Å². The summed E-state index contributed by atoms with van der Waals surface area (Å²) in [5.74, 6) is -9.00. The first-order valence-electron chi connectivity index (χ1n) is 4.83. The second kappa shape index (κ2) is 4.94. The number of carbonyl (C=O) groups excluding carboxylic acids is 2. The highest BCUT2D eigenvalue weighted by atomic mass is 19.4. The fourth-order valence-corrected chi connectivity index (χ4v) is 1.18. The molecule has 0 heterocycles. The summed E-state index contributed by atoms with van der Waals surface area (Å²) in [5, 5.41) is 0. The van der Waals surface area contributed by atoms with E-state index in [1.807, 2.05) is 0 Å². The molecule has 1 aromatic carbocycles. The Morgan fingerprint density at radius 3 is 2.16 bits per heavy atom. The number of hydrogen-bond acceptors (Lipinski definition) is 3. The highest BCUT2D eigenvalue weighted by molar-refractivity contribution is 6.02. The molecule has 8 heteroatoms. The fourth-order valence-electron chi connectivity index (χ4n) is 1.18. The van der Waals surface area contributed by atoms with E-state index in [0.29, 0.717) is 6.07 Å². The van der Waals surface area contributed by atoms with Gasteiger partial charge in [-0.2, -0.15) is 22.0 Å². The number of ketones is 1. The van der Waals surface area contributed by atoms with Crippen molar-refractivity contribution in [2.45, 2.75) is 19.0 Å². The number of benzene rings is 1. The highest BCUT2D eigenvalue weighted by Gasteiger charge is 2.63. The Morgan fingerprint density at radius 1 is 1.11 bits per heavy atom. The molecule has 19 heavy (non-hydrogen) atoms. The maximum atomic E-state index is 12.8. The van der Waals surface area contributed by atoms with Crippen molar-refractivity contribution >= 4 is 11.8 Å². The summed E-state index contributed by atoms with van der Waals surface area (Å²) < 4.78 is 66.2. The summed E-state index contributed by atoms with van der Waals surface area (Å²) in [5.41, 5.74) is -0.902. The number of Topliss-reactive ketones (excluding diaryl/α,β-unsaturated/α-hetero) is 1. The Hall–Kier alpha value is -1.99. The van der Waals surface area contributed by atoms with Crippen LogP contribution in [-0.4, -0.2) is 23.9 Å². The monoisotopic (exact) mass is 282 g/mol. The highest BCUT2D eigenvalue weighted by Crippen LogP contribution is 2.38. The van der Waals surface area contributed by atoms with Gasteiger partial charge in [0, 0.05) is 12.5 Å². The van der Waals surface area contributed by atoms with Crippen molar-refractivity contribution in [2.75, 3.05) is 0 Å². The van der Waals surface area contributed by atoms with Gasteiger partial charge in [-0.3, -0.25) is 9.59 Å². The van der Waals surface area contributed by atoms with Gasteiger partial charge in [0.05, 0.1) is 0 Å². The van der Waals surface area contributed by atoms with Crippen LogP contribution in [0.1, 0.15) is 17.3 Å². The molecule has 1 aromatic rings. The van der Waals surface area contributed by atoms with Crippen molar-refractivity contribution in [3.05, 3.63) is 29.8 Å². The first kappa shape index (κ1) is 15.1. The van der Waals surface area contributed by atoms with Crippen LogP contribution in [0.25, 0.3) is 0 Å². The zero-order chi connectivity index (χ0) is 14.8. The van der Waals surface area contributed by atoms with Gasteiger partial charge in [-0.05, 0) is 12.1 Å². The van der Waals surface area contributed by atoms with Gasteiger partial charge in [-0.15, -0.1) is 0 Å². The number of carbonyl (C=O) groups is 2. The van der Waals surface area contributed by atoms with Crippen LogP contribution < -0.4 is 4.74 Å². The van der Waals surface area contributed by atoms with E-state index in [1.165, 1.54) is 0 Å². The lowest BCUT2D eigenvalue weighted by Gasteiger charge is -2.18. The second-order valence-corrected chi connectivity index (χ2v) is 3.52. The quantitative estimate of drug-likeness (QED) is 0.370. The molecule has 0 atom stereocenters. The molecule has 1 rings (SSSR count). The van der Waals surface area contributed by atoms with Crippen LogP contribution in [0.3, 0.4) is 0 Å². The Morgan fingerprint density at radius 2 is 1.68 bits per heavy atom. The Bertz CT molecular complexity index is 507. The number of hydrogen-bond donors (Lipinski definition) is 0. The number of esters is 1. The van der Waals surface area contributed by atoms with E-state index in [9.17, 15) is 31.5 Å². The minimum atomic E-state index is -5.98. The lowest BCUT2D eigenvalue weighted by Crippen LogP contribution is -2.44. The fraction of sp³-hybridized carbons (Fsp3) is 0.273. The molecular weight excluding hydrogens is 275 g/mol. The van der Waals surface area contributed by atoms with E-state index in [4.69, 9.17) is 0 Å². The maximum Gasteiger partial charge on any atom is 0.461 e. The molecule has 3 nitrogen and oxygen atoms in total. The molecule has 104 valence electrons. The Kier molecular flexibility index (Phi) is 3.92. The van der Waals surface area contributed by atoms with Gasteiger partial charge < -0.3 is 4.74 Å². The summed E-state index contributed by atoms with van der Waals surface area (Å²) >= 11 is 0. The topological polar surface area (TPSA) is 43.4 Å². The number of ether oxygens (including phenoxy) is 1. The molecule has 0 aromatic heterocycles. The molecule has 0 aliphatic heterocycles. The Balaban J connectivity index is 3.10. The van der Waals surface area contributed by atoms with Crippen molar-refractivity contribution in [3.63, 3.8) is 0 Å². The zero-order valence-corrected chi connectivity index (χ0v) is 9.42. The smallest absolute Gasteiger partial charge is 0.427 e. The molecule has 0 unspecified atom stereocenters. The lowest BCUT2D eigenvalue weighted by atomic mass is 10.0. The molecule has 0 aliphatic carbocycles. The van der Waals surface area contributed by atoms with Gasteiger partial charge in [0.1, 0.15) is 5.75 Å². The molecule has 0 amide bonds. The van der Waals surface area contributed by atoms with Crippen molar-refractivity contribution < 1.29 is 36.3 Å². The molecule has 0 saturated carbocycles. The maximum absolute atomic E-state index is 12.8. The van der Waals surface area contributed by atoms with E-state index in [1.54, 1.807) is 0 Å². The van der Waals surface area contributed by atoms with Crippen LogP contribution in [0.2, 0.25) is 0 Å². The number of alkyl halides is 5. The van der Waals surface area contributed by atoms with Gasteiger partial charge in [0.15, 0.2) is 0 Å².